The predicted octanol–water partition coefficient (Wildman–Crippen LogP) is 5.04. The lowest BCUT2D eigenvalue weighted by Gasteiger charge is -2.14. The van der Waals surface area contributed by atoms with E-state index in [-0.39, 0.29) is 0 Å². The molecule has 4 nitrogen and oxygen atoms in total. The van der Waals surface area contributed by atoms with E-state index in [0.29, 0.717) is 19.1 Å². The molecule has 0 bridgehead atoms. The van der Waals surface area contributed by atoms with Crippen LogP contribution < -0.4 is 0 Å². The Morgan fingerprint density at radius 2 is 1.30 bits per heavy atom. The van der Waals surface area contributed by atoms with Crippen LogP contribution in [-0.4, -0.2) is 25.2 Å². The molecule has 0 saturated heterocycles. The highest BCUT2D eigenvalue weighted by Gasteiger charge is 2.18. The molecule has 1 atom stereocenters. The van der Waals surface area contributed by atoms with Crippen LogP contribution in [0.25, 0.3) is 0 Å². The average Bonchev–Trinajstić information content (AvgIpc) is 2.57. The molecule has 0 aromatic carbocycles. The van der Waals surface area contributed by atoms with Crippen molar-refractivity contribution >= 4 is 11.9 Å². The molecule has 0 amide bonds. The van der Waals surface area contributed by atoms with E-state index in [1.807, 2.05) is 0 Å². The minimum absolute atomic E-state index is 0.314. The minimum Gasteiger partial charge on any atom is -0.457 e. The molecule has 0 fully saturated rings. The van der Waals surface area contributed by atoms with Gasteiger partial charge in [-0.25, -0.2) is 9.59 Å². The van der Waals surface area contributed by atoms with Crippen molar-refractivity contribution in [3.05, 3.63) is 0 Å². The molecule has 0 N–H and O–H groups in total. The number of carbonyl (C=O) groups excluding carboxylic acids is 2. The molecule has 0 aliphatic rings. The number of ether oxygens (including phenoxy) is 2. The number of rotatable bonds is 14. The molecular weight excluding hydrogens is 292 g/mol. The quantitative estimate of drug-likeness (QED) is 0.255. The van der Waals surface area contributed by atoms with E-state index in [1.54, 1.807) is 0 Å². The second-order valence-corrected chi connectivity index (χ2v) is 6.27. The van der Waals surface area contributed by atoms with Crippen molar-refractivity contribution in [1.29, 1.82) is 0 Å². The maximum Gasteiger partial charge on any atom is 0.417 e. The fourth-order valence-corrected chi connectivity index (χ4v) is 2.43. The first kappa shape index (κ1) is 21.9. The van der Waals surface area contributed by atoms with E-state index in [2.05, 4.69) is 20.8 Å². The maximum absolute atomic E-state index is 11.6. The number of hydrogen-bond acceptors (Lipinski definition) is 4. The van der Waals surface area contributed by atoms with Gasteiger partial charge in [0, 0.05) is 0 Å². The normalized spacial score (nSPS) is 12.0. The summed E-state index contributed by atoms with van der Waals surface area (Å²) < 4.78 is 10.0. The topological polar surface area (TPSA) is 52.6 Å². The second kappa shape index (κ2) is 15.8. The zero-order valence-corrected chi connectivity index (χ0v) is 15.4. The standard InChI is InChI=1S/C19H36O4/c1-4-7-9-10-11-12-13-15-22-18(20)19(21)23-16-17(6-3)14-8-5-2/h17H,4-16H2,1-3H3. The molecule has 23 heavy (non-hydrogen) atoms. The summed E-state index contributed by atoms with van der Waals surface area (Å²) in [6.45, 7) is 7.05. The summed E-state index contributed by atoms with van der Waals surface area (Å²) in [5.41, 5.74) is 0. The predicted molar refractivity (Wildman–Crippen MR) is 93.2 cm³/mol. The molecule has 0 aromatic heterocycles. The molecule has 0 aliphatic heterocycles. The van der Waals surface area contributed by atoms with E-state index >= 15 is 0 Å². The second-order valence-electron chi connectivity index (χ2n) is 6.27. The molecule has 136 valence electrons. The van der Waals surface area contributed by atoms with Crippen molar-refractivity contribution in [3.63, 3.8) is 0 Å². The van der Waals surface area contributed by atoms with Gasteiger partial charge in [-0.15, -0.1) is 0 Å². The third-order valence-corrected chi connectivity index (χ3v) is 4.14. The van der Waals surface area contributed by atoms with Crippen molar-refractivity contribution < 1.29 is 19.1 Å². The van der Waals surface area contributed by atoms with Gasteiger partial charge in [0.1, 0.15) is 0 Å². The Morgan fingerprint density at radius 1 is 0.739 bits per heavy atom. The van der Waals surface area contributed by atoms with Crippen LogP contribution in [0.15, 0.2) is 0 Å². The Bertz CT molecular complexity index is 302. The summed E-state index contributed by atoms with van der Waals surface area (Å²) in [6, 6.07) is 0. The van der Waals surface area contributed by atoms with Crippen molar-refractivity contribution in [1.82, 2.24) is 0 Å². The molecule has 0 heterocycles. The molecular formula is C19H36O4. The van der Waals surface area contributed by atoms with E-state index < -0.39 is 11.9 Å². The molecule has 0 spiro atoms. The van der Waals surface area contributed by atoms with Crippen molar-refractivity contribution in [2.45, 2.75) is 91.4 Å². The van der Waals surface area contributed by atoms with Crippen molar-refractivity contribution in [2.24, 2.45) is 5.92 Å². The van der Waals surface area contributed by atoms with Gasteiger partial charge < -0.3 is 9.47 Å². The van der Waals surface area contributed by atoms with Crippen LogP contribution in [0.1, 0.15) is 91.4 Å². The molecule has 0 saturated carbocycles. The van der Waals surface area contributed by atoms with Crippen LogP contribution in [0.3, 0.4) is 0 Å². The van der Waals surface area contributed by atoms with Gasteiger partial charge in [-0.1, -0.05) is 78.6 Å². The highest BCUT2D eigenvalue weighted by atomic mass is 16.6. The summed E-state index contributed by atoms with van der Waals surface area (Å²) in [5, 5.41) is 0. The number of hydrogen-bond donors (Lipinski definition) is 0. The first-order valence-corrected chi connectivity index (χ1v) is 9.49. The van der Waals surface area contributed by atoms with Gasteiger partial charge in [0.05, 0.1) is 13.2 Å². The smallest absolute Gasteiger partial charge is 0.417 e. The SMILES string of the molecule is CCCCCCCCCOC(=O)C(=O)OCC(CC)CCCC. The van der Waals surface area contributed by atoms with Crippen LogP contribution in [0, 0.1) is 5.92 Å². The minimum atomic E-state index is -0.846. The molecule has 0 radical (unpaired) electrons. The van der Waals surface area contributed by atoms with Gasteiger partial charge in [-0.2, -0.15) is 0 Å². The average molecular weight is 328 g/mol. The number of carbonyl (C=O) groups is 2. The van der Waals surface area contributed by atoms with E-state index in [4.69, 9.17) is 9.47 Å². The molecule has 1 unspecified atom stereocenters. The van der Waals surface area contributed by atoms with Crippen molar-refractivity contribution in [3.8, 4) is 0 Å². The summed E-state index contributed by atoms with van der Waals surface area (Å²) in [7, 11) is 0. The van der Waals surface area contributed by atoms with E-state index in [1.165, 1.54) is 25.7 Å². The lowest BCUT2D eigenvalue weighted by molar-refractivity contribution is -0.168. The summed E-state index contributed by atoms with van der Waals surface area (Å²) in [4.78, 5) is 23.1. The Hall–Kier alpha value is -1.06. The first-order valence-electron chi connectivity index (χ1n) is 9.49. The monoisotopic (exact) mass is 328 g/mol. The zero-order chi connectivity index (χ0) is 17.3. The fourth-order valence-electron chi connectivity index (χ4n) is 2.43. The Balaban J connectivity index is 3.63. The fraction of sp³-hybridized carbons (Fsp3) is 0.895. The van der Waals surface area contributed by atoms with Gasteiger partial charge in [0.25, 0.3) is 0 Å². The van der Waals surface area contributed by atoms with Crippen LogP contribution in [0.4, 0.5) is 0 Å². The molecule has 0 aliphatic carbocycles. The highest BCUT2D eigenvalue weighted by molar-refractivity contribution is 6.29. The van der Waals surface area contributed by atoms with Crippen LogP contribution >= 0.6 is 0 Å². The number of unbranched alkanes of at least 4 members (excludes halogenated alkanes) is 7. The lowest BCUT2D eigenvalue weighted by atomic mass is 10.0. The van der Waals surface area contributed by atoms with Gasteiger partial charge in [0.2, 0.25) is 0 Å². The van der Waals surface area contributed by atoms with E-state index in [9.17, 15) is 9.59 Å². The van der Waals surface area contributed by atoms with Gasteiger partial charge >= 0.3 is 11.9 Å². The van der Waals surface area contributed by atoms with E-state index in [0.717, 1.165) is 44.9 Å². The Morgan fingerprint density at radius 3 is 1.91 bits per heavy atom. The lowest BCUT2D eigenvalue weighted by Crippen LogP contribution is -2.23. The van der Waals surface area contributed by atoms with Crippen molar-refractivity contribution in [2.75, 3.05) is 13.2 Å². The van der Waals surface area contributed by atoms with Gasteiger partial charge in [-0.05, 0) is 18.8 Å². The van der Waals surface area contributed by atoms with Crippen LogP contribution in [-0.2, 0) is 19.1 Å². The third-order valence-electron chi connectivity index (χ3n) is 4.14. The van der Waals surface area contributed by atoms with Gasteiger partial charge in [-0.3, -0.25) is 0 Å². The number of esters is 2. The maximum atomic E-state index is 11.6. The van der Waals surface area contributed by atoms with Crippen LogP contribution in [0.5, 0.6) is 0 Å². The Labute approximate surface area is 142 Å². The zero-order valence-electron chi connectivity index (χ0n) is 15.4. The largest absolute Gasteiger partial charge is 0.457 e. The molecule has 4 heteroatoms. The van der Waals surface area contributed by atoms with Crippen LogP contribution in [0.2, 0.25) is 0 Å². The highest BCUT2D eigenvalue weighted by Crippen LogP contribution is 2.13. The summed E-state index contributed by atoms with van der Waals surface area (Å²) >= 11 is 0. The molecule has 0 aromatic rings. The summed E-state index contributed by atoms with van der Waals surface area (Å²) in [6.07, 6.45) is 12.3. The Kier molecular flexibility index (Phi) is 15.1. The first-order chi connectivity index (χ1) is 11.2. The van der Waals surface area contributed by atoms with Gasteiger partial charge in [0.15, 0.2) is 0 Å². The third kappa shape index (κ3) is 13.1. The molecule has 0 rings (SSSR count). The summed E-state index contributed by atoms with van der Waals surface area (Å²) in [5.74, 6) is -1.35.